The Hall–Kier alpha value is -1.06. The van der Waals surface area contributed by atoms with Crippen molar-refractivity contribution < 1.29 is 9.59 Å². The zero-order chi connectivity index (χ0) is 15.8. The largest absolute Gasteiger partial charge is 0.342 e. The van der Waals surface area contributed by atoms with Gasteiger partial charge in [0.2, 0.25) is 11.8 Å². The molecule has 2 rings (SSSR count). The molecular formula is C17H30N2O2. The molecule has 1 heterocycles. The molecule has 1 aliphatic heterocycles. The Balaban J connectivity index is 2.24. The van der Waals surface area contributed by atoms with Crippen LogP contribution in [0.3, 0.4) is 0 Å². The molecule has 0 aromatic carbocycles. The molecule has 1 aliphatic carbocycles. The van der Waals surface area contributed by atoms with E-state index in [0.29, 0.717) is 11.8 Å². The number of carbonyl (C=O) groups excluding carboxylic acids is 2. The Kier molecular flexibility index (Phi) is 4.64. The van der Waals surface area contributed by atoms with Crippen molar-refractivity contribution in [2.45, 2.75) is 72.4 Å². The first-order valence-corrected chi connectivity index (χ1v) is 8.40. The number of rotatable bonds is 5. The first-order chi connectivity index (χ1) is 9.79. The summed E-state index contributed by atoms with van der Waals surface area (Å²) in [5.41, 5.74) is -0.243. The lowest BCUT2D eigenvalue weighted by Crippen LogP contribution is -2.67. The normalized spacial score (nSPS) is 27.2. The molecule has 21 heavy (non-hydrogen) atoms. The van der Waals surface area contributed by atoms with Crippen LogP contribution in [0.1, 0.15) is 60.3 Å². The minimum atomic E-state index is -0.394. The fourth-order valence-electron chi connectivity index (χ4n) is 3.23. The molecule has 2 fully saturated rings. The molecule has 0 aromatic rings. The number of hydrogen-bond acceptors (Lipinski definition) is 2. The minimum absolute atomic E-state index is 0.0583. The van der Waals surface area contributed by atoms with Crippen molar-refractivity contribution in [2.24, 2.45) is 17.3 Å². The second-order valence-electron chi connectivity index (χ2n) is 7.76. The Labute approximate surface area is 128 Å². The third-order valence-corrected chi connectivity index (χ3v) is 4.97. The number of piperazine rings is 1. The second-order valence-corrected chi connectivity index (χ2v) is 7.76. The van der Waals surface area contributed by atoms with Crippen molar-refractivity contribution in [1.29, 1.82) is 0 Å². The highest BCUT2D eigenvalue weighted by atomic mass is 16.2. The summed E-state index contributed by atoms with van der Waals surface area (Å²) in [5.74, 6) is 1.04. The maximum absolute atomic E-state index is 12.9. The molecule has 2 atom stereocenters. The molecule has 0 radical (unpaired) electrons. The predicted octanol–water partition coefficient (Wildman–Crippen LogP) is 2.57. The van der Waals surface area contributed by atoms with Gasteiger partial charge in [-0.15, -0.1) is 0 Å². The van der Waals surface area contributed by atoms with Gasteiger partial charge >= 0.3 is 0 Å². The van der Waals surface area contributed by atoms with Crippen LogP contribution in [0.25, 0.3) is 0 Å². The average Bonchev–Trinajstić information content (AvgIpc) is 3.22. The van der Waals surface area contributed by atoms with E-state index in [2.05, 4.69) is 19.2 Å². The van der Waals surface area contributed by atoms with Gasteiger partial charge in [0.15, 0.2) is 0 Å². The Morgan fingerprint density at radius 3 is 2.19 bits per heavy atom. The molecule has 0 aromatic heterocycles. The molecule has 4 nitrogen and oxygen atoms in total. The second kappa shape index (κ2) is 5.98. The molecule has 1 saturated heterocycles. The standard InChI is InChI=1S/C17H30N2O2/c1-6-11(7-2)10-19-13(12-8-9-12)15(20)18-14(16(19)21)17(3,4)5/h11-14H,6-10H2,1-5H3,(H,18,20). The molecule has 4 heteroatoms. The van der Waals surface area contributed by atoms with Gasteiger partial charge in [0.1, 0.15) is 12.1 Å². The van der Waals surface area contributed by atoms with Crippen LogP contribution in [0.2, 0.25) is 0 Å². The summed E-state index contributed by atoms with van der Waals surface area (Å²) >= 11 is 0. The highest BCUT2D eigenvalue weighted by Crippen LogP contribution is 2.39. The van der Waals surface area contributed by atoms with Gasteiger partial charge in [-0.3, -0.25) is 9.59 Å². The van der Waals surface area contributed by atoms with Gasteiger partial charge in [0, 0.05) is 6.54 Å². The van der Waals surface area contributed by atoms with E-state index in [9.17, 15) is 9.59 Å². The summed E-state index contributed by atoms with van der Waals surface area (Å²) in [4.78, 5) is 27.4. The maximum Gasteiger partial charge on any atom is 0.246 e. The topological polar surface area (TPSA) is 49.4 Å². The molecule has 1 saturated carbocycles. The number of nitrogens with one attached hydrogen (secondary N) is 1. The van der Waals surface area contributed by atoms with Gasteiger partial charge in [-0.25, -0.2) is 0 Å². The van der Waals surface area contributed by atoms with Crippen molar-refractivity contribution >= 4 is 11.8 Å². The highest BCUT2D eigenvalue weighted by molar-refractivity contribution is 5.97. The number of nitrogens with zero attached hydrogens (tertiary/aromatic N) is 1. The van der Waals surface area contributed by atoms with Gasteiger partial charge in [0.25, 0.3) is 0 Å². The monoisotopic (exact) mass is 294 g/mol. The van der Waals surface area contributed by atoms with Gasteiger partial charge in [-0.2, -0.15) is 0 Å². The molecule has 2 unspecified atom stereocenters. The summed E-state index contributed by atoms with van der Waals surface area (Å²) in [7, 11) is 0. The van der Waals surface area contributed by atoms with E-state index in [0.717, 1.165) is 32.2 Å². The maximum atomic E-state index is 12.9. The Morgan fingerprint density at radius 2 is 1.76 bits per heavy atom. The molecule has 0 spiro atoms. The lowest BCUT2D eigenvalue weighted by atomic mass is 9.83. The molecule has 2 aliphatic rings. The van der Waals surface area contributed by atoms with Gasteiger partial charge in [-0.05, 0) is 30.1 Å². The quantitative estimate of drug-likeness (QED) is 0.847. The van der Waals surface area contributed by atoms with E-state index in [4.69, 9.17) is 0 Å². The van der Waals surface area contributed by atoms with Crippen LogP contribution in [-0.4, -0.2) is 35.3 Å². The summed E-state index contributed by atoms with van der Waals surface area (Å²) in [5, 5.41) is 2.99. The smallest absolute Gasteiger partial charge is 0.246 e. The van der Waals surface area contributed by atoms with Crippen molar-refractivity contribution in [3.63, 3.8) is 0 Å². The van der Waals surface area contributed by atoms with Crippen molar-refractivity contribution in [1.82, 2.24) is 10.2 Å². The van der Waals surface area contributed by atoms with E-state index in [1.165, 1.54) is 0 Å². The van der Waals surface area contributed by atoms with Crippen LogP contribution >= 0.6 is 0 Å². The third kappa shape index (κ3) is 3.41. The fraction of sp³-hybridized carbons (Fsp3) is 0.882. The van der Waals surface area contributed by atoms with Crippen molar-refractivity contribution in [2.75, 3.05) is 6.54 Å². The van der Waals surface area contributed by atoms with Crippen LogP contribution in [-0.2, 0) is 9.59 Å². The third-order valence-electron chi connectivity index (χ3n) is 4.97. The molecule has 0 bridgehead atoms. The van der Waals surface area contributed by atoms with Crippen LogP contribution < -0.4 is 5.32 Å². The molecule has 1 N–H and O–H groups in total. The van der Waals surface area contributed by atoms with E-state index >= 15 is 0 Å². The first kappa shape index (κ1) is 16.3. The lowest BCUT2D eigenvalue weighted by Gasteiger charge is -2.44. The molecule has 120 valence electrons. The van der Waals surface area contributed by atoms with Crippen LogP contribution in [0, 0.1) is 17.3 Å². The Bertz CT molecular complexity index is 406. The van der Waals surface area contributed by atoms with Gasteiger partial charge < -0.3 is 10.2 Å². The van der Waals surface area contributed by atoms with Crippen LogP contribution in [0.5, 0.6) is 0 Å². The van der Waals surface area contributed by atoms with E-state index < -0.39 is 6.04 Å². The van der Waals surface area contributed by atoms with E-state index in [-0.39, 0.29) is 23.3 Å². The lowest BCUT2D eigenvalue weighted by molar-refractivity contribution is -0.154. The first-order valence-electron chi connectivity index (χ1n) is 8.40. The van der Waals surface area contributed by atoms with Crippen LogP contribution in [0.15, 0.2) is 0 Å². The zero-order valence-corrected chi connectivity index (χ0v) is 14.1. The zero-order valence-electron chi connectivity index (χ0n) is 14.1. The summed E-state index contributed by atoms with van der Waals surface area (Å²) in [6.07, 6.45) is 4.26. The van der Waals surface area contributed by atoms with E-state index in [1.54, 1.807) is 0 Å². The predicted molar refractivity (Wildman–Crippen MR) is 83.7 cm³/mol. The van der Waals surface area contributed by atoms with Crippen LogP contribution in [0.4, 0.5) is 0 Å². The average molecular weight is 294 g/mol. The number of hydrogen-bond donors (Lipinski definition) is 1. The molecule has 2 amide bonds. The van der Waals surface area contributed by atoms with Crippen molar-refractivity contribution in [3.05, 3.63) is 0 Å². The summed E-state index contributed by atoms with van der Waals surface area (Å²) in [6.45, 7) is 11.1. The van der Waals surface area contributed by atoms with Gasteiger partial charge in [-0.1, -0.05) is 47.5 Å². The molecular weight excluding hydrogens is 264 g/mol. The summed E-state index contributed by atoms with van der Waals surface area (Å²) in [6, 6.07) is -0.619. The number of amides is 2. The number of carbonyl (C=O) groups is 2. The highest BCUT2D eigenvalue weighted by Gasteiger charge is 2.50. The van der Waals surface area contributed by atoms with E-state index in [1.807, 2.05) is 25.7 Å². The SMILES string of the molecule is CCC(CC)CN1C(=O)C(C(C)(C)C)NC(=O)C1C1CC1. The summed E-state index contributed by atoms with van der Waals surface area (Å²) < 4.78 is 0. The van der Waals surface area contributed by atoms with Gasteiger partial charge in [0.05, 0.1) is 0 Å². The van der Waals surface area contributed by atoms with Crippen molar-refractivity contribution in [3.8, 4) is 0 Å². The minimum Gasteiger partial charge on any atom is -0.342 e. The fourth-order valence-corrected chi connectivity index (χ4v) is 3.23. The Morgan fingerprint density at radius 1 is 1.19 bits per heavy atom.